The number of benzene rings is 1. The minimum Gasteiger partial charge on any atom is -0.743 e. The Bertz CT molecular complexity index is 3320. The fourth-order valence-corrected chi connectivity index (χ4v) is 15.0. The van der Waals surface area contributed by atoms with Crippen molar-refractivity contribution in [2.45, 2.75) is 203 Å². The molecule has 97 heavy (non-hydrogen) atoms. The summed E-state index contributed by atoms with van der Waals surface area (Å²) in [5.41, 5.74) is -4.99. The van der Waals surface area contributed by atoms with Crippen LogP contribution in [0.4, 0.5) is 0 Å². The van der Waals surface area contributed by atoms with Gasteiger partial charge in [-0.1, -0.05) is 71.0 Å². The van der Waals surface area contributed by atoms with E-state index >= 15 is 9.59 Å². The number of ether oxygens (including phenoxy) is 4. The molecule has 4 amide bonds. The van der Waals surface area contributed by atoms with Crippen molar-refractivity contribution >= 4 is 67.7 Å². The minimum absolute atomic E-state index is 0.00220. The Balaban J connectivity index is 2.38. The molecule has 26 heteroatoms. The molecule has 1 aromatic carbocycles. The highest BCUT2D eigenvalue weighted by Crippen LogP contribution is 2.49. The molecule has 3 aromatic rings. The Hall–Kier alpha value is -6.90. The van der Waals surface area contributed by atoms with E-state index in [2.05, 4.69) is 21.3 Å². The molecule has 0 aliphatic carbocycles. The van der Waals surface area contributed by atoms with E-state index in [1.165, 1.54) is 27.7 Å². The molecule has 0 aliphatic heterocycles. The summed E-state index contributed by atoms with van der Waals surface area (Å²) in [4.78, 5) is 117. The zero-order valence-electron chi connectivity index (χ0n) is 59.9. The van der Waals surface area contributed by atoms with Crippen LogP contribution in [0.1, 0.15) is 203 Å². The quantitative estimate of drug-likeness (QED) is 0.0182. The smallest absolute Gasteiger partial charge is 0.311 e. The van der Waals surface area contributed by atoms with E-state index in [-0.39, 0.29) is 117 Å². The van der Waals surface area contributed by atoms with Gasteiger partial charge in [0, 0.05) is 79.0 Å². The van der Waals surface area contributed by atoms with Gasteiger partial charge in [0.05, 0.1) is 49.1 Å². The molecular formula is C71H110N6O18S2. The molecule has 0 spiro atoms. The van der Waals surface area contributed by atoms with Crippen LogP contribution < -0.4 is 30.4 Å². The van der Waals surface area contributed by atoms with Gasteiger partial charge in [0.15, 0.2) is 44.5 Å². The second-order valence-electron chi connectivity index (χ2n) is 27.0. The van der Waals surface area contributed by atoms with E-state index in [0.29, 0.717) is 17.7 Å². The van der Waals surface area contributed by atoms with Crippen LogP contribution >= 0.6 is 0 Å². The molecular weight excluding hydrogens is 1290 g/mol. The summed E-state index contributed by atoms with van der Waals surface area (Å²) in [6.45, 7) is 26.1. The number of hydrogen-bond acceptors (Lipinski definition) is 18. The number of esters is 4. The van der Waals surface area contributed by atoms with E-state index < -0.39 is 142 Å². The van der Waals surface area contributed by atoms with E-state index in [9.17, 15) is 54.7 Å². The third-order valence-corrected chi connectivity index (χ3v) is 19.8. The second kappa shape index (κ2) is 38.5. The maximum absolute atomic E-state index is 15.2. The van der Waals surface area contributed by atoms with Crippen LogP contribution in [0.5, 0.6) is 0 Å². The lowest BCUT2D eigenvalue weighted by Crippen LogP contribution is -2.48. The number of rotatable bonds is 44. The van der Waals surface area contributed by atoms with Gasteiger partial charge >= 0.3 is 23.9 Å². The van der Waals surface area contributed by atoms with Crippen LogP contribution in [0, 0.1) is 45.3 Å². The van der Waals surface area contributed by atoms with Gasteiger partial charge in [-0.3, -0.25) is 38.4 Å². The Morgan fingerprint density at radius 2 is 0.876 bits per heavy atom. The van der Waals surface area contributed by atoms with Gasteiger partial charge in [0.25, 0.3) is 0 Å². The van der Waals surface area contributed by atoms with Crippen LogP contribution in [-0.2, 0) is 94.7 Å². The molecule has 3 rings (SSSR count). The predicted molar refractivity (Wildman–Crippen MR) is 362 cm³/mol. The average Bonchev–Trinajstić information content (AvgIpc) is 0.801. The fourth-order valence-electron chi connectivity index (χ4n) is 13.9. The number of carbonyl (C=O) groups is 8. The van der Waals surface area contributed by atoms with E-state index in [1.54, 1.807) is 120 Å². The van der Waals surface area contributed by atoms with Gasteiger partial charge in [-0.25, -0.2) is 16.8 Å². The summed E-state index contributed by atoms with van der Waals surface area (Å²) >= 11 is 0. The van der Waals surface area contributed by atoms with E-state index in [0.717, 1.165) is 5.56 Å². The molecule has 4 N–H and O–H groups in total. The van der Waals surface area contributed by atoms with Crippen molar-refractivity contribution in [1.29, 1.82) is 0 Å². The number of pyridine rings is 2. The summed E-state index contributed by atoms with van der Waals surface area (Å²) in [6.07, 6.45) is 3.75. The summed E-state index contributed by atoms with van der Waals surface area (Å²) in [7, 11) is -9.45. The van der Waals surface area contributed by atoms with Gasteiger partial charge in [-0.15, -0.1) is 0 Å². The number of hydrogen-bond donors (Lipinski definition) is 4. The summed E-state index contributed by atoms with van der Waals surface area (Å²) < 4.78 is 97.7. The third kappa shape index (κ3) is 25.7. The van der Waals surface area contributed by atoms with Gasteiger partial charge in [0.1, 0.15) is 0 Å². The summed E-state index contributed by atoms with van der Waals surface area (Å²) in [5.74, 6) is -11.9. The highest BCUT2D eigenvalue weighted by molar-refractivity contribution is 7.84. The molecule has 0 bridgehead atoms. The zero-order valence-corrected chi connectivity index (χ0v) is 61.5. The number of carbonyl (C=O) groups excluding carboxylic acids is 8. The molecule has 0 fully saturated rings. The van der Waals surface area contributed by atoms with Gasteiger partial charge < -0.3 is 49.3 Å². The Labute approximate surface area is 576 Å². The predicted octanol–water partition coefficient (Wildman–Crippen LogP) is 7.71. The van der Waals surface area contributed by atoms with E-state index in [1.807, 2.05) is 44.2 Å². The van der Waals surface area contributed by atoms with Crippen molar-refractivity contribution in [2.75, 3.05) is 52.6 Å². The number of nitrogens with zero attached hydrogens (tertiary/aromatic N) is 2. The normalized spacial score (nSPS) is 16.8. The van der Waals surface area contributed by atoms with Gasteiger partial charge in [-0.2, -0.15) is 9.13 Å². The van der Waals surface area contributed by atoms with Crippen LogP contribution in [0.25, 0.3) is 0 Å². The van der Waals surface area contributed by atoms with Crippen LogP contribution in [0.15, 0.2) is 79.3 Å². The second-order valence-corrected chi connectivity index (χ2v) is 29.8. The van der Waals surface area contributed by atoms with Crippen molar-refractivity contribution in [1.82, 2.24) is 21.3 Å². The van der Waals surface area contributed by atoms with Crippen molar-refractivity contribution in [3.63, 3.8) is 0 Å². The molecule has 24 nitrogen and oxygen atoms in total. The molecule has 11 atom stereocenters. The average molecular weight is 1400 g/mol. The monoisotopic (exact) mass is 1400 g/mol. The lowest BCUT2D eigenvalue weighted by atomic mass is 9.64. The lowest BCUT2D eigenvalue weighted by Gasteiger charge is -2.40. The number of amides is 4. The summed E-state index contributed by atoms with van der Waals surface area (Å²) in [6, 6.07) is 17.9. The van der Waals surface area contributed by atoms with Gasteiger partial charge in [-0.05, 0) is 162 Å². The van der Waals surface area contributed by atoms with Crippen molar-refractivity contribution in [3.8, 4) is 0 Å². The van der Waals surface area contributed by atoms with E-state index in [4.69, 9.17) is 18.9 Å². The van der Waals surface area contributed by atoms with Crippen LogP contribution in [-0.4, -0.2) is 126 Å². The first kappa shape index (κ1) is 84.3. The molecule has 11 unspecified atom stereocenters. The standard InChI is InChI=1S/C71H110N6O18S2/c1-16-67(11,65(84)94-23-8)44-55(61(80)92-21-6)45-70(14,64(83)75-20-5)42-54(60(79)73-18-3)43-71(15,66(85)95-24-9)47-56(62(81)93-22-7)46-69(13,63(82)74-19-4)41-53(59(78)72-17-2)38-52(51-30-26-25-27-31-51)40-68(12,57-33-36-76(37-34-57)48-96(86,87)88)39-50(10)58-32-28-29-35-77(58)49-97(89,90)91/h25-37,50,52-56H,16-24,38-49H2,1-15H3,(H4-2,72,73,74,75,78,79,82,83,86,87,88,89,90,91). The number of aromatic nitrogens is 2. The maximum Gasteiger partial charge on any atom is 0.311 e. The first-order chi connectivity index (χ1) is 45.4. The SMILES string of the molecule is CCNC(=O)C(CC(CC(C)(CC(C)c1cccc[n+]1CS(=O)(=O)[O-])c1cc[n+](CS(=O)(=O)[O-])cc1)c1ccccc1)CC(C)(CC(CC(C)(CC(CC(C)(CC(CC(C)(CC)C(=O)OCC)C(=O)OCC)C(=O)NCC)C(=O)NCC)C(=O)OCC)C(=O)OCC)C(=O)NCC. The topological polar surface area (TPSA) is 344 Å². The molecule has 2 aromatic heterocycles. The Kier molecular flexibility index (Phi) is 33.4. The van der Waals surface area contributed by atoms with Crippen molar-refractivity contribution in [3.05, 3.63) is 96.1 Å². The third-order valence-electron chi connectivity index (χ3n) is 18.6. The number of nitrogens with one attached hydrogen (secondary N) is 4. The molecule has 0 saturated carbocycles. The molecule has 544 valence electrons. The van der Waals surface area contributed by atoms with Crippen LogP contribution in [0.2, 0.25) is 0 Å². The Morgan fingerprint density at radius 3 is 1.33 bits per heavy atom. The van der Waals surface area contributed by atoms with Gasteiger partial charge in [0.2, 0.25) is 35.4 Å². The molecule has 0 radical (unpaired) electrons. The largest absolute Gasteiger partial charge is 0.743 e. The first-order valence-electron chi connectivity index (χ1n) is 34.1. The maximum atomic E-state index is 15.2. The van der Waals surface area contributed by atoms with Crippen molar-refractivity contribution in [2.24, 2.45) is 45.3 Å². The first-order valence-corrected chi connectivity index (χ1v) is 37.3. The molecule has 0 aliphatic rings. The Morgan fingerprint density at radius 1 is 0.464 bits per heavy atom. The van der Waals surface area contributed by atoms with Crippen LogP contribution in [0.3, 0.4) is 0 Å². The fraction of sp³-hybridized carbons (Fsp3) is 0.662. The molecule has 0 saturated heterocycles. The molecule has 2 heterocycles. The summed E-state index contributed by atoms with van der Waals surface area (Å²) in [5, 5.41) is 11.7. The lowest BCUT2D eigenvalue weighted by molar-refractivity contribution is -0.687. The van der Waals surface area contributed by atoms with Crippen molar-refractivity contribution < 1.29 is 92.4 Å². The highest BCUT2D eigenvalue weighted by Gasteiger charge is 2.51. The minimum atomic E-state index is -4.75. The zero-order chi connectivity index (χ0) is 73.2. The highest BCUT2D eigenvalue weighted by atomic mass is 32.2.